The minimum Gasteiger partial charge on any atom is -0.341 e. The summed E-state index contributed by atoms with van der Waals surface area (Å²) in [5, 5.41) is 0. The van der Waals surface area contributed by atoms with E-state index in [2.05, 4.69) is 28.8 Å². The Hall–Kier alpha value is -1.49. The first kappa shape index (κ1) is 14.4. The van der Waals surface area contributed by atoms with E-state index in [4.69, 9.17) is 0 Å². The van der Waals surface area contributed by atoms with Gasteiger partial charge in [-0.2, -0.15) is 0 Å². The van der Waals surface area contributed by atoms with E-state index in [0.717, 1.165) is 11.9 Å². The number of hydrogen-bond acceptors (Lipinski definition) is 2. The van der Waals surface area contributed by atoms with E-state index < -0.39 is 11.6 Å². The Kier molecular flexibility index (Phi) is 3.93. The molecule has 1 saturated carbocycles. The second-order valence-corrected chi connectivity index (χ2v) is 6.04. The maximum Gasteiger partial charge on any atom is 0.161 e. The summed E-state index contributed by atoms with van der Waals surface area (Å²) in [6.07, 6.45) is 6.30. The summed E-state index contributed by atoms with van der Waals surface area (Å²) >= 11 is 0. The molecule has 0 spiro atoms. The van der Waals surface area contributed by atoms with Crippen molar-refractivity contribution >= 4 is 11.0 Å². The van der Waals surface area contributed by atoms with E-state index >= 15 is 0 Å². The summed E-state index contributed by atoms with van der Waals surface area (Å²) in [4.78, 5) is 9.87. The van der Waals surface area contributed by atoms with Gasteiger partial charge in [0.1, 0.15) is 5.82 Å². The topological polar surface area (TPSA) is 31.9 Å². The molecule has 114 valence electrons. The smallest absolute Gasteiger partial charge is 0.161 e. The second-order valence-electron chi connectivity index (χ2n) is 6.04. The average Bonchev–Trinajstić information content (AvgIpc) is 2.90. The molecule has 1 aliphatic carbocycles. The van der Waals surface area contributed by atoms with Crippen molar-refractivity contribution in [2.24, 2.45) is 0 Å². The SMILES string of the molecule is CC(c1nc2cc(F)c(F)cc2[nH]1)N(C)C1CCCCC1. The molecule has 0 aliphatic heterocycles. The number of rotatable bonds is 3. The zero-order chi connectivity index (χ0) is 15.0. The van der Waals surface area contributed by atoms with Gasteiger partial charge in [-0.15, -0.1) is 0 Å². The lowest BCUT2D eigenvalue weighted by Crippen LogP contribution is -2.35. The standard InChI is InChI=1S/C16H21F2N3/c1-10(21(2)11-6-4-3-5-7-11)16-19-14-8-12(17)13(18)9-15(14)20-16/h8-11H,3-7H2,1-2H3,(H,19,20). The van der Waals surface area contributed by atoms with Gasteiger partial charge in [-0.05, 0) is 26.8 Å². The van der Waals surface area contributed by atoms with E-state index in [1.54, 1.807) is 0 Å². The van der Waals surface area contributed by atoms with Crippen LogP contribution in [0, 0.1) is 11.6 Å². The summed E-state index contributed by atoms with van der Waals surface area (Å²) < 4.78 is 26.5. The Labute approximate surface area is 123 Å². The second kappa shape index (κ2) is 5.72. The summed E-state index contributed by atoms with van der Waals surface area (Å²) in [6.45, 7) is 2.08. The molecule has 5 heteroatoms. The number of aromatic nitrogens is 2. The maximum atomic E-state index is 13.3. The van der Waals surface area contributed by atoms with Gasteiger partial charge >= 0.3 is 0 Å². The number of aromatic amines is 1. The van der Waals surface area contributed by atoms with Crippen LogP contribution in [0.3, 0.4) is 0 Å². The lowest BCUT2D eigenvalue weighted by atomic mass is 9.93. The lowest BCUT2D eigenvalue weighted by Gasteiger charge is -2.34. The van der Waals surface area contributed by atoms with Gasteiger partial charge in [-0.25, -0.2) is 13.8 Å². The molecule has 1 aromatic carbocycles. The third-order valence-corrected chi connectivity index (χ3v) is 4.70. The molecular weight excluding hydrogens is 272 g/mol. The number of imidazole rings is 1. The maximum absolute atomic E-state index is 13.3. The summed E-state index contributed by atoms with van der Waals surface area (Å²) in [6, 6.07) is 2.99. The van der Waals surface area contributed by atoms with Crippen LogP contribution in [0.15, 0.2) is 12.1 Å². The van der Waals surface area contributed by atoms with Crippen LogP contribution in [0.5, 0.6) is 0 Å². The van der Waals surface area contributed by atoms with Crippen molar-refractivity contribution in [3.63, 3.8) is 0 Å². The number of halogens is 2. The third-order valence-electron chi connectivity index (χ3n) is 4.70. The molecule has 0 saturated heterocycles. The van der Waals surface area contributed by atoms with Crippen LogP contribution >= 0.6 is 0 Å². The highest BCUT2D eigenvalue weighted by Crippen LogP contribution is 2.28. The number of fused-ring (bicyclic) bond motifs is 1. The number of H-pyrrole nitrogens is 1. The van der Waals surface area contributed by atoms with Gasteiger partial charge in [0, 0.05) is 18.2 Å². The van der Waals surface area contributed by atoms with Crippen molar-refractivity contribution in [2.45, 2.75) is 51.1 Å². The molecule has 1 aliphatic rings. The first-order chi connectivity index (χ1) is 10.1. The molecule has 2 aromatic rings. The van der Waals surface area contributed by atoms with Crippen molar-refractivity contribution in [1.29, 1.82) is 0 Å². The normalized spacial score (nSPS) is 18.5. The fourth-order valence-corrected chi connectivity index (χ4v) is 3.22. The van der Waals surface area contributed by atoms with Gasteiger partial charge in [0.05, 0.1) is 17.1 Å². The largest absolute Gasteiger partial charge is 0.341 e. The van der Waals surface area contributed by atoms with Crippen LogP contribution in [0.4, 0.5) is 8.78 Å². The Morgan fingerprint density at radius 3 is 2.57 bits per heavy atom. The molecular formula is C16H21F2N3. The molecule has 1 fully saturated rings. The predicted octanol–water partition coefficient (Wildman–Crippen LogP) is 4.17. The number of benzene rings is 1. The summed E-state index contributed by atoms with van der Waals surface area (Å²) in [7, 11) is 2.11. The molecule has 0 bridgehead atoms. The Morgan fingerprint density at radius 1 is 1.19 bits per heavy atom. The molecule has 3 nitrogen and oxygen atoms in total. The van der Waals surface area contributed by atoms with Crippen molar-refractivity contribution in [3.8, 4) is 0 Å². The highest BCUT2D eigenvalue weighted by Gasteiger charge is 2.24. The minimum absolute atomic E-state index is 0.103. The first-order valence-electron chi connectivity index (χ1n) is 7.63. The van der Waals surface area contributed by atoms with Gasteiger partial charge in [-0.3, -0.25) is 4.90 Å². The molecule has 1 atom stereocenters. The number of nitrogens with zero attached hydrogens (tertiary/aromatic N) is 2. The molecule has 1 aromatic heterocycles. The quantitative estimate of drug-likeness (QED) is 0.921. The van der Waals surface area contributed by atoms with Crippen molar-refractivity contribution in [1.82, 2.24) is 14.9 Å². The Bertz CT molecular complexity index is 593. The molecule has 0 radical (unpaired) electrons. The predicted molar refractivity (Wildman–Crippen MR) is 79.1 cm³/mol. The van der Waals surface area contributed by atoms with Crippen LogP contribution in [0.25, 0.3) is 11.0 Å². The van der Waals surface area contributed by atoms with Gasteiger partial charge < -0.3 is 4.98 Å². The lowest BCUT2D eigenvalue weighted by molar-refractivity contribution is 0.142. The first-order valence-corrected chi connectivity index (χ1v) is 7.63. The van der Waals surface area contributed by atoms with Gasteiger partial charge in [-0.1, -0.05) is 19.3 Å². The highest BCUT2D eigenvalue weighted by molar-refractivity contribution is 5.75. The fraction of sp³-hybridized carbons (Fsp3) is 0.562. The van der Waals surface area contributed by atoms with E-state index in [-0.39, 0.29) is 6.04 Å². The zero-order valence-electron chi connectivity index (χ0n) is 12.5. The van der Waals surface area contributed by atoms with Gasteiger partial charge in [0.2, 0.25) is 0 Å². The molecule has 1 N–H and O–H groups in total. The number of nitrogens with one attached hydrogen (secondary N) is 1. The molecule has 3 rings (SSSR count). The molecule has 21 heavy (non-hydrogen) atoms. The third kappa shape index (κ3) is 2.79. The van der Waals surface area contributed by atoms with Gasteiger partial charge in [0.25, 0.3) is 0 Å². The summed E-state index contributed by atoms with van der Waals surface area (Å²) in [5.41, 5.74) is 1.03. The van der Waals surface area contributed by atoms with Crippen LogP contribution in [0.1, 0.15) is 50.9 Å². The highest BCUT2D eigenvalue weighted by atomic mass is 19.2. The van der Waals surface area contributed by atoms with E-state index in [9.17, 15) is 8.78 Å². The Morgan fingerprint density at radius 2 is 1.86 bits per heavy atom. The monoisotopic (exact) mass is 293 g/mol. The van der Waals surface area contributed by atoms with Crippen LogP contribution in [-0.4, -0.2) is 28.0 Å². The van der Waals surface area contributed by atoms with E-state index in [1.165, 1.54) is 38.2 Å². The van der Waals surface area contributed by atoms with Crippen molar-refractivity contribution in [2.75, 3.05) is 7.05 Å². The minimum atomic E-state index is -0.853. The average molecular weight is 293 g/mol. The van der Waals surface area contributed by atoms with Crippen LogP contribution in [-0.2, 0) is 0 Å². The molecule has 0 amide bonds. The van der Waals surface area contributed by atoms with Crippen molar-refractivity contribution in [3.05, 3.63) is 29.6 Å². The molecule has 1 heterocycles. The van der Waals surface area contributed by atoms with Crippen molar-refractivity contribution < 1.29 is 8.78 Å². The molecule has 1 unspecified atom stereocenters. The van der Waals surface area contributed by atoms with Crippen LogP contribution in [0.2, 0.25) is 0 Å². The number of hydrogen-bond donors (Lipinski definition) is 1. The van der Waals surface area contributed by atoms with E-state index in [0.29, 0.717) is 17.1 Å². The Balaban J connectivity index is 1.85. The zero-order valence-corrected chi connectivity index (χ0v) is 12.5. The fourth-order valence-electron chi connectivity index (χ4n) is 3.22. The van der Waals surface area contributed by atoms with Gasteiger partial charge in [0.15, 0.2) is 11.6 Å². The summed E-state index contributed by atoms with van der Waals surface area (Å²) in [5.74, 6) is -0.928. The van der Waals surface area contributed by atoms with E-state index in [1.807, 2.05) is 0 Å². The van der Waals surface area contributed by atoms with Crippen LogP contribution < -0.4 is 0 Å².